The van der Waals surface area contributed by atoms with Crippen LogP contribution in [0.4, 0.5) is 0 Å². The molecule has 24 heavy (non-hydrogen) atoms. The maximum absolute atomic E-state index is 5.47. The largest absolute Gasteiger partial charge is 0.383 e. The highest BCUT2D eigenvalue weighted by Gasteiger charge is 2.20. The van der Waals surface area contributed by atoms with Crippen LogP contribution >= 0.6 is 0 Å². The summed E-state index contributed by atoms with van der Waals surface area (Å²) in [5, 5.41) is 4.13. The van der Waals surface area contributed by atoms with Gasteiger partial charge in [0.15, 0.2) is 5.76 Å². The van der Waals surface area contributed by atoms with E-state index in [1.165, 1.54) is 0 Å². The average molecular weight is 324 g/mol. The lowest BCUT2D eigenvalue weighted by atomic mass is 10.1. The van der Waals surface area contributed by atoms with Gasteiger partial charge >= 0.3 is 0 Å². The van der Waals surface area contributed by atoms with Gasteiger partial charge in [-0.05, 0) is 31.3 Å². The van der Waals surface area contributed by atoms with Gasteiger partial charge in [-0.2, -0.15) is 0 Å². The predicted octanol–water partition coefficient (Wildman–Crippen LogP) is 2.95. The van der Waals surface area contributed by atoms with Crippen LogP contribution in [0.15, 0.2) is 59.5 Å². The second-order valence-electron chi connectivity index (χ2n) is 5.56. The van der Waals surface area contributed by atoms with Crippen LogP contribution in [0.2, 0.25) is 0 Å². The van der Waals surface area contributed by atoms with Gasteiger partial charge in [0.1, 0.15) is 5.69 Å². The highest BCUT2D eigenvalue weighted by atomic mass is 16.5. The number of aromatic nitrogens is 3. The molecule has 0 unspecified atom stereocenters. The van der Waals surface area contributed by atoms with Gasteiger partial charge in [0.25, 0.3) is 0 Å². The van der Waals surface area contributed by atoms with Crippen molar-refractivity contribution in [3.8, 4) is 11.3 Å². The third kappa shape index (κ3) is 3.84. The average Bonchev–Trinajstić information content (AvgIpc) is 3.09. The van der Waals surface area contributed by atoms with Crippen LogP contribution in [0, 0.1) is 0 Å². The summed E-state index contributed by atoms with van der Waals surface area (Å²) in [6.07, 6.45) is 5.30. The third-order valence-electron chi connectivity index (χ3n) is 3.81. The van der Waals surface area contributed by atoms with Crippen LogP contribution in [-0.2, 0) is 11.3 Å². The molecule has 3 aromatic rings. The van der Waals surface area contributed by atoms with Crippen molar-refractivity contribution in [1.82, 2.24) is 20.0 Å². The molecule has 0 aromatic carbocycles. The van der Waals surface area contributed by atoms with Gasteiger partial charge in [0, 0.05) is 37.3 Å². The zero-order valence-electron chi connectivity index (χ0n) is 13.8. The van der Waals surface area contributed by atoms with E-state index in [0.29, 0.717) is 13.2 Å². The van der Waals surface area contributed by atoms with E-state index in [0.717, 1.165) is 22.7 Å². The van der Waals surface area contributed by atoms with Crippen LogP contribution in [-0.4, -0.2) is 40.8 Å². The minimum atomic E-state index is 0.0446. The standard InChI is InChI=1S/C18H20N4O2/c1-22(18(13-23-2)16-7-3-4-9-20-16)12-15-10-17(21-24-15)14-6-5-8-19-11-14/h3-11,18H,12-13H2,1-2H3/t18-/m1/s1. The van der Waals surface area contributed by atoms with Crippen molar-refractivity contribution in [1.29, 1.82) is 0 Å². The van der Waals surface area contributed by atoms with Crippen LogP contribution in [0.5, 0.6) is 0 Å². The maximum atomic E-state index is 5.47. The third-order valence-corrected chi connectivity index (χ3v) is 3.81. The first kappa shape index (κ1) is 16.3. The summed E-state index contributed by atoms with van der Waals surface area (Å²) in [7, 11) is 3.71. The fraction of sp³-hybridized carbons (Fsp3) is 0.278. The fourth-order valence-electron chi connectivity index (χ4n) is 2.56. The monoisotopic (exact) mass is 324 g/mol. The lowest BCUT2D eigenvalue weighted by molar-refractivity contribution is 0.0944. The summed E-state index contributed by atoms with van der Waals surface area (Å²) in [5.41, 5.74) is 2.69. The fourth-order valence-corrected chi connectivity index (χ4v) is 2.56. The molecule has 0 saturated carbocycles. The van der Waals surface area contributed by atoms with E-state index < -0.39 is 0 Å². The second-order valence-corrected chi connectivity index (χ2v) is 5.56. The molecule has 0 saturated heterocycles. The zero-order valence-corrected chi connectivity index (χ0v) is 13.8. The Morgan fingerprint density at radius 2 is 2.12 bits per heavy atom. The Labute approximate surface area is 141 Å². The molecule has 0 aliphatic carbocycles. The minimum Gasteiger partial charge on any atom is -0.383 e. The maximum Gasteiger partial charge on any atom is 0.151 e. The number of nitrogens with zero attached hydrogens (tertiary/aromatic N) is 4. The molecule has 6 nitrogen and oxygen atoms in total. The van der Waals surface area contributed by atoms with Crippen LogP contribution in [0.1, 0.15) is 17.5 Å². The molecule has 3 aromatic heterocycles. The van der Waals surface area contributed by atoms with Gasteiger partial charge in [-0.3, -0.25) is 14.9 Å². The first-order chi connectivity index (χ1) is 11.8. The summed E-state index contributed by atoms with van der Waals surface area (Å²) < 4.78 is 10.8. The first-order valence-electron chi connectivity index (χ1n) is 7.74. The van der Waals surface area contributed by atoms with Gasteiger partial charge in [-0.25, -0.2) is 0 Å². The Morgan fingerprint density at radius 1 is 1.21 bits per heavy atom. The number of pyridine rings is 2. The first-order valence-corrected chi connectivity index (χ1v) is 7.74. The molecule has 0 spiro atoms. The lowest BCUT2D eigenvalue weighted by Crippen LogP contribution is -2.28. The summed E-state index contributed by atoms with van der Waals surface area (Å²) in [5.74, 6) is 0.786. The van der Waals surface area contributed by atoms with E-state index in [1.54, 1.807) is 25.7 Å². The molecule has 3 heterocycles. The summed E-state index contributed by atoms with van der Waals surface area (Å²) in [6.45, 7) is 1.16. The Kier molecular flexibility index (Phi) is 5.30. The Bertz CT molecular complexity index is 746. The molecule has 0 amide bonds. The SMILES string of the molecule is COC[C@H](c1ccccn1)N(C)Cc1cc(-c2cccnc2)no1. The van der Waals surface area contributed by atoms with Gasteiger partial charge < -0.3 is 9.26 Å². The molecule has 1 atom stereocenters. The highest BCUT2D eigenvalue weighted by Crippen LogP contribution is 2.22. The van der Waals surface area contributed by atoms with Crippen LogP contribution in [0.3, 0.4) is 0 Å². The van der Waals surface area contributed by atoms with E-state index >= 15 is 0 Å². The van der Waals surface area contributed by atoms with Crippen LogP contribution < -0.4 is 0 Å². The lowest BCUT2D eigenvalue weighted by Gasteiger charge is -2.25. The number of hydrogen-bond donors (Lipinski definition) is 0. The molecule has 3 rings (SSSR count). The zero-order chi connectivity index (χ0) is 16.8. The normalized spacial score (nSPS) is 12.5. The van der Waals surface area contributed by atoms with E-state index in [9.17, 15) is 0 Å². The minimum absolute atomic E-state index is 0.0446. The van der Waals surface area contributed by atoms with Gasteiger partial charge in [-0.1, -0.05) is 11.2 Å². The van der Waals surface area contributed by atoms with Gasteiger partial charge in [-0.15, -0.1) is 0 Å². The summed E-state index contributed by atoms with van der Waals surface area (Å²) in [6, 6.07) is 11.7. The number of likely N-dealkylation sites (N-methyl/N-ethyl adjacent to an activating group) is 1. The molecule has 0 radical (unpaired) electrons. The Hall–Kier alpha value is -2.57. The van der Waals surface area contributed by atoms with Crippen molar-refractivity contribution in [3.05, 3.63) is 66.4 Å². The number of ether oxygens (including phenoxy) is 1. The number of hydrogen-bond acceptors (Lipinski definition) is 6. The smallest absolute Gasteiger partial charge is 0.151 e. The van der Waals surface area contributed by atoms with Crippen LogP contribution in [0.25, 0.3) is 11.3 Å². The number of methoxy groups -OCH3 is 1. The second kappa shape index (κ2) is 7.81. The highest BCUT2D eigenvalue weighted by molar-refractivity contribution is 5.57. The molecule has 0 bridgehead atoms. The van der Waals surface area contributed by atoms with Crippen molar-refractivity contribution < 1.29 is 9.26 Å². The van der Waals surface area contributed by atoms with Crippen molar-refractivity contribution in [2.75, 3.05) is 20.8 Å². The van der Waals surface area contributed by atoms with Gasteiger partial charge in [0.05, 0.1) is 24.9 Å². The molecule has 124 valence electrons. The van der Waals surface area contributed by atoms with Crippen molar-refractivity contribution in [2.24, 2.45) is 0 Å². The molecule has 0 N–H and O–H groups in total. The molecular weight excluding hydrogens is 304 g/mol. The Morgan fingerprint density at radius 3 is 2.83 bits per heavy atom. The van der Waals surface area contributed by atoms with Gasteiger partial charge in [0.2, 0.25) is 0 Å². The van der Waals surface area contributed by atoms with Crippen molar-refractivity contribution in [2.45, 2.75) is 12.6 Å². The number of rotatable bonds is 7. The van der Waals surface area contributed by atoms with E-state index in [4.69, 9.17) is 9.26 Å². The van der Waals surface area contributed by atoms with E-state index in [1.807, 2.05) is 43.4 Å². The predicted molar refractivity (Wildman–Crippen MR) is 90.1 cm³/mol. The van der Waals surface area contributed by atoms with E-state index in [2.05, 4.69) is 20.0 Å². The Balaban J connectivity index is 1.73. The summed E-state index contributed by atoms with van der Waals surface area (Å²) in [4.78, 5) is 10.7. The van der Waals surface area contributed by atoms with Crippen molar-refractivity contribution in [3.63, 3.8) is 0 Å². The quantitative estimate of drug-likeness (QED) is 0.666. The molecule has 0 fully saturated rings. The topological polar surface area (TPSA) is 64.3 Å². The van der Waals surface area contributed by atoms with E-state index in [-0.39, 0.29) is 6.04 Å². The molecule has 0 aliphatic rings. The molecule has 6 heteroatoms. The molecule has 0 aliphatic heterocycles. The molecular formula is C18H20N4O2. The van der Waals surface area contributed by atoms with Crippen molar-refractivity contribution >= 4 is 0 Å². The summed E-state index contributed by atoms with van der Waals surface area (Å²) >= 11 is 0.